The zero-order chi connectivity index (χ0) is 25.6. The van der Waals surface area contributed by atoms with E-state index in [0.717, 1.165) is 5.69 Å². The lowest BCUT2D eigenvalue weighted by molar-refractivity contribution is 0.0523. The van der Waals surface area contributed by atoms with Crippen molar-refractivity contribution < 1.29 is 23.8 Å². The number of benzene rings is 1. The largest absolute Gasteiger partial charge is 0.504 e. The first kappa shape index (κ1) is 23.7. The van der Waals surface area contributed by atoms with Crippen LogP contribution in [0.5, 0.6) is 11.8 Å². The lowest BCUT2D eigenvalue weighted by Crippen LogP contribution is -2.50. The monoisotopic (exact) mass is 494 g/mol. The van der Waals surface area contributed by atoms with Crippen molar-refractivity contribution in [2.75, 3.05) is 29.9 Å². The molecule has 5 rings (SSSR count). The standard InChI is InChI=1S/C25H27FN6O4/c1-5-35-23(34)20-13(2)28-24(29-14(20)3)36-15-10-25(4)12-27-22-19(32(25)11-15)9-18(30-31-22)16-7-6-8-17(26)21(16)33/h6-9,15,33H,5,10-12H2,1-4H3,(H,27,31)/t15-,25-/m1/s1. The van der Waals surface area contributed by atoms with E-state index in [1.807, 2.05) is 0 Å². The van der Waals surface area contributed by atoms with Crippen molar-refractivity contribution in [3.63, 3.8) is 0 Å². The molecule has 2 aromatic heterocycles. The smallest absolute Gasteiger partial charge is 0.341 e. The third-order valence-corrected chi connectivity index (χ3v) is 6.67. The molecule has 36 heavy (non-hydrogen) atoms. The van der Waals surface area contributed by atoms with Crippen LogP contribution in [0, 0.1) is 19.7 Å². The Kier molecular flexibility index (Phi) is 5.85. The van der Waals surface area contributed by atoms with E-state index in [2.05, 4.69) is 37.3 Å². The second-order valence-corrected chi connectivity index (χ2v) is 9.28. The molecule has 0 bridgehead atoms. The van der Waals surface area contributed by atoms with E-state index in [-0.39, 0.29) is 29.8 Å². The zero-order valence-corrected chi connectivity index (χ0v) is 20.5. The molecule has 10 nitrogen and oxygen atoms in total. The molecule has 0 saturated carbocycles. The van der Waals surface area contributed by atoms with Crippen LogP contribution < -0.4 is 15.0 Å². The molecule has 4 heterocycles. The van der Waals surface area contributed by atoms with Crippen LogP contribution in [0.4, 0.5) is 15.9 Å². The van der Waals surface area contributed by atoms with Crippen molar-refractivity contribution in [3.8, 4) is 23.0 Å². The Morgan fingerprint density at radius 3 is 2.75 bits per heavy atom. The third-order valence-electron chi connectivity index (χ3n) is 6.67. The van der Waals surface area contributed by atoms with Crippen LogP contribution in [0.3, 0.4) is 0 Å². The van der Waals surface area contributed by atoms with Crippen LogP contribution in [-0.4, -0.2) is 62.6 Å². The minimum Gasteiger partial charge on any atom is -0.504 e. The zero-order valence-electron chi connectivity index (χ0n) is 20.5. The molecule has 0 amide bonds. The second-order valence-electron chi connectivity index (χ2n) is 9.28. The van der Waals surface area contributed by atoms with Gasteiger partial charge in [0.15, 0.2) is 17.4 Å². The number of ether oxygens (including phenoxy) is 2. The fourth-order valence-corrected chi connectivity index (χ4v) is 4.95. The molecule has 1 aromatic carbocycles. The highest BCUT2D eigenvalue weighted by molar-refractivity contribution is 5.91. The van der Waals surface area contributed by atoms with Crippen molar-refractivity contribution in [1.82, 2.24) is 20.2 Å². The SMILES string of the molecule is CCOC(=O)c1c(C)nc(O[C@H]2CN3c4cc(-c5cccc(F)c5O)nnc4NC[C@@]3(C)C2)nc1C. The van der Waals surface area contributed by atoms with Crippen LogP contribution in [-0.2, 0) is 4.74 Å². The van der Waals surface area contributed by atoms with Gasteiger partial charge in [-0.2, -0.15) is 9.97 Å². The number of esters is 1. The van der Waals surface area contributed by atoms with Gasteiger partial charge in [0.1, 0.15) is 11.7 Å². The van der Waals surface area contributed by atoms with E-state index in [0.29, 0.717) is 48.0 Å². The molecule has 1 saturated heterocycles. The number of carbonyl (C=O) groups excluding carboxylic acids is 1. The molecular weight excluding hydrogens is 467 g/mol. The Hall–Kier alpha value is -4.02. The predicted molar refractivity (Wildman–Crippen MR) is 130 cm³/mol. The van der Waals surface area contributed by atoms with Crippen molar-refractivity contribution >= 4 is 17.5 Å². The number of hydrogen-bond acceptors (Lipinski definition) is 10. The number of carbonyl (C=O) groups is 1. The maximum atomic E-state index is 13.9. The molecule has 2 atom stereocenters. The molecule has 0 aliphatic carbocycles. The summed E-state index contributed by atoms with van der Waals surface area (Å²) in [6.45, 7) is 8.76. The van der Waals surface area contributed by atoms with Gasteiger partial charge in [0.25, 0.3) is 0 Å². The summed E-state index contributed by atoms with van der Waals surface area (Å²) >= 11 is 0. The average Bonchev–Trinajstić information content (AvgIpc) is 3.16. The number of nitrogens with zero attached hydrogens (tertiary/aromatic N) is 5. The van der Waals surface area contributed by atoms with Crippen LogP contribution in [0.1, 0.15) is 42.0 Å². The summed E-state index contributed by atoms with van der Waals surface area (Å²) in [7, 11) is 0. The average molecular weight is 495 g/mol. The lowest BCUT2D eigenvalue weighted by Gasteiger charge is -2.41. The van der Waals surface area contributed by atoms with Crippen molar-refractivity contribution in [2.24, 2.45) is 0 Å². The van der Waals surface area contributed by atoms with Gasteiger partial charge in [-0.3, -0.25) is 0 Å². The number of nitrogens with one attached hydrogen (secondary N) is 1. The third kappa shape index (κ3) is 4.04. The topological polar surface area (TPSA) is 123 Å². The Morgan fingerprint density at radius 2 is 2.03 bits per heavy atom. The highest BCUT2D eigenvalue weighted by atomic mass is 19.1. The first-order chi connectivity index (χ1) is 17.2. The van der Waals surface area contributed by atoms with Crippen LogP contribution in [0.15, 0.2) is 24.3 Å². The van der Waals surface area contributed by atoms with Crippen molar-refractivity contribution in [2.45, 2.75) is 45.8 Å². The Labute approximate surface area is 207 Å². The molecule has 1 fully saturated rings. The highest BCUT2D eigenvalue weighted by Gasteiger charge is 2.47. The normalized spacial score (nSPS) is 20.4. The van der Waals surface area contributed by atoms with Gasteiger partial charge in [-0.25, -0.2) is 9.18 Å². The van der Waals surface area contributed by atoms with Gasteiger partial charge in [0.05, 0.1) is 41.5 Å². The Morgan fingerprint density at radius 1 is 1.28 bits per heavy atom. The number of aromatic nitrogens is 4. The number of anilines is 2. The maximum Gasteiger partial charge on any atom is 0.341 e. The van der Waals surface area contributed by atoms with E-state index < -0.39 is 17.5 Å². The van der Waals surface area contributed by atoms with E-state index in [1.54, 1.807) is 32.9 Å². The van der Waals surface area contributed by atoms with E-state index in [9.17, 15) is 14.3 Å². The molecule has 2 N–H and O–H groups in total. The summed E-state index contributed by atoms with van der Waals surface area (Å²) < 4.78 is 25.2. The number of rotatable bonds is 5. The summed E-state index contributed by atoms with van der Waals surface area (Å²) in [5.41, 5.74) is 2.48. The molecule has 0 spiro atoms. The van der Waals surface area contributed by atoms with Crippen LogP contribution >= 0.6 is 0 Å². The molecule has 0 unspecified atom stereocenters. The number of para-hydroxylation sites is 1. The van der Waals surface area contributed by atoms with Crippen LogP contribution in [0.2, 0.25) is 0 Å². The molecule has 188 valence electrons. The maximum absolute atomic E-state index is 13.9. The van der Waals surface area contributed by atoms with Gasteiger partial charge in [-0.15, -0.1) is 10.2 Å². The van der Waals surface area contributed by atoms with Gasteiger partial charge >= 0.3 is 12.0 Å². The quantitative estimate of drug-likeness (QED) is 0.510. The van der Waals surface area contributed by atoms with Gasteiger partial charge in [0, 0.05) is 18.5 Å². The van der Waals surface area contributed by atoms with Crippen LogP contribution in [0.25, 0.3) is 11.3 Å². The number of aryl methyl sites for hydroxylation is 2. The fraction of sp³-hybridized carbons (Fsp3) is 0.400. The summed E-state index contributed by atoms with van der Waals surface area (Å²) in [6.07, 6.45) is 0.456. The molecule has 2 aliphatic rings. The highest BCUT2D eigenvalue weighted by Crippen LogP contribution is 2.43. The van der Waals surface area contributed by atoms with Gasteiger partial charge in [-0.1, -0.05) is 6.07 Å². The van der Waals surface area contributed by atoms with Crippen molar-refractivity contribution in [3.05, 3.63) is 47.0 Å². The second kappa shape index (κ2) is 8.89. The molecular formula is C25H27FN6O4. The van der Waals surface area contributed by atoms with Gasteiger partial charge in [-0.05, 0) is 45.9 Å². The molecule has 11 heteroatoms. The Balaban J connectivity index is 1.41. The Bertz CT molecular complexity index is 1330. The predicted octanol–water partition coefficient (Wildman–Crippen LogP) is 3.41. The minimum absolute atomic E-state index is 0.206. The minimum atomic E-state index is -0.718. The van der Waals surface area contributed by atoms with E-state index in [1.165, 1.54) is 12.1 Å². The fourth-order valence-electron chi connectivity index (χ4n) is 4.95. The number of phenols is 1. The first-order valence-corrected chi connectivity index (χ1v) is 11.8. The first-order valence-electron chi connectivity index (χ1n) is 11.8. The number of fused-ring (bicyclic) bond motifs is 3. The number of halogens is 1. The summed E-state index contributed by atoms with van der Waals surface area (Å²) in [6, 6.07) is 6.31. The van der Waals surface area contributed by atoms with Gasteiger partial charge in [0.2, 0.25) is 0 Å². The van der Waals surface area contributed by atoms with E-state index >= 15 is 0 Å². The molecule has 2 aliphatic heterocycles. The molecule has 0 radical (unpaired) electrons. The summed E-state index contributed by atoms with van der Waals surface area (Å²) in [5, 5.41) is 22.0. The number of aromatic hydroxyl groups is 1. The van der Waals surface area contributed by atoms with E-state index in [4.69, 9.17) is 9.47 Å². The number of hydrogen-bond donors (Lipinski definition) is 2. The van der Waals surface area contributed by atoms with Crippen molar-refractivity contribution in [1.29, 1.82) is 0 Å². The number of phenolic OH excluding ortho intramolecular Hbond substituents is 1. The lowest BCUT2D eigenvalue weighted by atomic mass is 9.95. The van der Waals surface area contributed by atoms with Gasteiger partial charge < -0.3 is 24.8 Å². The summed E-state index contributed by atoms with van der Waals surface area (Å²) in [5.74, 6) is -1.03. The molecule has 3 aromatic rings. The summed E-state index contributed by atoms with van der Waals surface area (Å²) in [4.78, 5) is 23.2.